The highest BCUT2D eigenvalue weighted by Crippen LogP contribution is 2.21. The second kappa shape index (κ2) is 7.81. The molecular formula is C21H22FN3O3S. The third kappa shape index (κ3) is 4.08. The fourth-order valence-electron chi connectivity index (χ4n) is 3.02. The van der Waals surface area contributed by atoms with Crippen molar-refractivity contribution in [3.63, 3.8) is 0 Å². The Morgan fingerprint density at radius 3 is 2.10 bits per heavy atom. The number of sulfonamides is 1. The molecule has 0 aliphatic heterocycles. The van der Waals surface area contributed by atoms with E-state index in [1.165, 1.54) is 14.1 Å². The van der Waals surface area contributed by atoms with Crippen molar-refractivity contribution in [3.8, 4) is 5.69 Å². The van der Waals surface area contributed by atoms with E-state index >= 15 is 0 Å². The van der Waals surface area contributed by atoms with E-state index in [0.29, 0.717) is 5.69 Å². The molecule has 3 aromatic rings. The van der Waals surface area contributed by atoms with Gasteiger partial charge < -0.3 is 9.88 Å². The number of amides is 1. The molecule has 0 bridgehead atoms. The number of rotatable bonds is 5. The van der Waals surface area contributed by atoms with Crippen LogP contribution in [-0.2, 0) is 10.0 Å². The van der Waals surface area contributed by atoms with E-state index in [9.17, 15) is 17.6 Å². The second-order valence-electron chi connectivity index (χ2n) is 6.88. The van der Waals surface area contributed by atoms with Crippen molar-refractivity contribution >= 4 is 21.6 Å². The number of aryl methyl sites for hydroxylation is 2. The molecule has 1 aromatic heterocycles. The van der Waals surface area contributed by atoms with Crippen LogP contribution in [0, 0.1) is 19.7 Å². The van der Waals surface area contributed by atoms with E-state index in [-0.39, 0.29) is 10.5 Å². The molecule has 6 nitrogen and oxygen atoms in total. The minimum absolute atomic E-state index is 0.150. The zero-order chi connectivity index (χ0) is 21.3. The summed E-state index contributed by atoms with van der Waals surface area (Å²) in [4.78, 5) is 12.4. The van der Waals surface area contributed by atoms with E-state index in [4.69, 9.17) is 0 Å². The average molecular weight is 415 g/mol. The Morgan fingerprint density at radius 1 is 0.966 bits per heavy atom. The molecule has 2 aromatic carbocycles. The van der Waals surface area contributed by atoms with Crippen molar-refractivity contribution in [2.75, 3.05) is 19.4 Å². The van der Waals surface area contributed by atoms with Crippen LogP contribution in [-0.4, -0.2) is 37.3 Å². The SMILES string of the molecule is Cc1ccc(C)n1-c1ccc(NC(=O)c2cc(S(=O)(=O)N(C)C)ccc2F)cc1. The normalized spacial score (nSPS) is 11.7. The third-order valence-corrected chi connectivity index (χ3v) is 6.43. The predicted molar refractivity (Wildman–Crippen MR) is 110 cm³/mol. The van der Waals surface area contributed by atoms with Crippen LogP contribution >= 0.6 is 0 Å². The largest absolute Gasteiger partial charge is 0.322 e. The standard InChI is InChI=1S/C21H22FN3O3S/c1-14-5-6-15(2)25(14)17-9-7-16(8-10-17)23-21(26)19-13-18(11-12-20(19)22)29(27,28)24(3)4/h5-13H,1-4H3,(H,23,26). The van der Waals surface area contributed by atoms with Crippen molar-refractivity contribution < 1.29 is 17.6 Å². The van der Waals surface area contributed by atoms with Crippen LogP contribution in [0.3, 0.4) is 0 Å². The van der Waals surface area contributed by atoms with Crippen molar-refractivity contribution in [3.05, 3.63) is 77.4 Å². The molecule has 0 fully saturated rings. The molecule has 0 spiro atoms. The van der Waals surface area contributed by atoms with Crippen molar-refractivity contribution in [2.45, 2.75) is 18.7 Å². The highest BCUT2D eigenvalue weighted by Gasteiger charge is 2.21. The molecule has 0 unspecified atom stereocenters. The molecule has 0 atom stereocenters. The van der Waals surface area contributed by atoms with E-state index < -0.39 is 21.7 Å². The molecule has 3 rings (SSSR count). The van der Waals surface area contributed by atoms with Gasteiger partial charge in [-0.2, -0.15) is 0 Å². The monoisotopic (exact) mass is 415 g/mol. The Labute approximate surface area is 169 Å². The lowest BCUT2D eigenvalue weighted by molar-refractivity contribution is 0.102. The molecule has 152 valence electrons. The summed E-state index contributed by atoms with van der Waals surface area (Å²) in [5.74, 6) is -1.52. The Kier molecular flexibility index (Phi) is 5.59. The summed E-state index contributed by atoms with van der Waals surface area (Å²) in [6.07, 6.45) is 0. The zero-order valence-electron chi connectivity index (χ0n) is 16.6. The molecule has 0 saturated heterocycles. The van der Waals surface area contributed by atoms with Gasteiger partial charge in [0.25, 0.3) is 5.91 Å². The van der Waals surface area contributed by atoms with Gasteiger partial charge in [-0.15, -0.1) is 0 Å². The summed E-state index contributed by atoms with van der Waals surface area (Å²) >= 11 is 0. The summed E-state index contributed by atoms with van der Waals surface area (Å²) in [6.45, 7) is 4.00. The lowest BCUT2D eigenvalue weighted by Gasteiger charge is -2.13. The van der Waals surface area contributed by atoms with E-state index in [1.54, 1.807) is 12.1 Å². The number of anilines is 1. The summed E-state index contributed by atoms with van der Waals surface area (Å²) < 4.78 is 41.8. The first kappa shape index (κ1) is 20.8. The maximum absolute atomic E-state index is 14.2. The van der Waals surface area contributed by atoms with Crippen LogP contribution in [0.2, 0.25) is 0 Å². The van der Waals surface area contributed by atoms with Gasteiger partial charge in [0, 0.05) is 36.9 Å². The quantitative estimate of drug-likeness (QED) is 0.690. The Morgan fingerprint density at radius 2 is 1.55 bits per heavy atom. The number of benzene rings is 2. The zero-order valence-corrected chi connectivity index (χ0v) is 17.4. The average Bonchev–Trinajstić information content (AvgIpc) is 3.00. The van der Waals surface area contributed by atoms with Crippen LogP contribution in [0.15, 0.2) is 59.5 Å². The van der Waals surface area contributed by atoms with Gasteiger partial charge in [0.1, 0.15) is 5.82 Å². The Balaban J connectivity index is 1.86. The number of nitrogens with zero attached hydrogens (tertiary/aromatic N) is 2. The van der Waals surface area contributed by atoms with Gasteiger partial charge in [0.15, 0.2) is 0 Å². The maximum Gasteiger partial charge on any atom is 0.258 e. The molecule has 8 heteroatoms. The maximum atomic E-state index is 14.2. The number of carbonyl (C=O) groups excluding carboxylic acids is 1. The molecule has 0 aliphatic carbocycles. The van der Waals surface area contributed by atoms with Gasteiger partial charge in [-0.25, -0.2) is 17.1 Å². The first-order valence-electron chi connectivity index (χ1n) is 8.90. The third-order valence-electron chi connectivity index (χ3n) is 4.62. The number of aromatic nitrogens is 1. The van der Waals surface area contributed by atoms with Gasteiger partial charge in [0.05, 0.1) is 10.5 Å². The first-order valence-corrected chi connectivity index (χ1v) is 10.3. The van der Waals surface area contributed by atoms with Gasteiger partial charge in [-0.3, -0.25) is 4.79 Å². The lowest BCUT2D eigenvalue weighted by Crippen LogP contribution is -2.23. The molecule has 1 amide bonds. The molecule has 0 aliphatic rings. The second-order valence-corrected chi connectivity index (χ2v) is 9.03. The minimum Gasteiger partial charge on any atom is -0.322 e. The van der Waals surface area contributed by atoms with Crippen LogP contribution in [0.1, 0.15) is 21.7 Å². The summed E-state index contributed by atoms with van der Waals surface area (Å²) in [5, 5.41) is 2.61. The topological polar surface area (TPSA) is 71.4 Å². The summed E-state index contributed by atoms with van der Waals surface area (Å²) in [5.41, 5.74) is 3.24. The number of hydrogen-bond donors (Lipinski definition) is 1. The highest BCUT2D eigenvalue weighted by atomic mass is 32.2. The fourth-order valence-corrected chi connectivity index (χ4v) is 3.95. The van der Waals surface area contributed by atoms with Crippen LogP contribution in [0.5, 0.6) is 0 Å². The van der Waals surface area contributed by atoms with E-state index in [0.717, 1.165) is 39.6 Å². The van der Waals surface area contributed by atoms with E-state index in [2.05, 4.69) is 9.88 Å². The lowest BCUT2D eigenvalue weighted by atomic mass is 10.2. The van der Waals surface area contributed by atoms with Gasteiger partial charge >= 0.3 is 0 Å². The van der Waals surface area contributed by atoms with Gasteiger partial charge in [-0.05, 0) is 68.4 Å². The van der Waals surface area contributed by atoms with Gasteiger partial charge in [-0.1, -0.05) is 0 Å². The number of carbonyl (C=O) groups is 1. The molecule has 29 heavy (non-hydrogen) atoms. The first-order chi connectivity index (χ1) is 13.6. The predicted octanol–water partition coefficient (Wildman–Crippen LogP) is 3.74. The van der Waals surface area contributed by atoms with Crippen molar-refractivity contribution in [1.82, 2.24) is 8.87 Å². The van der Waals surface area contributed by atoms with Crippen LogP contribution in [0.4, 0.5) is 10.1 Å². The van der Waals surface area contributed by atoms with Crippen molar-refractivity contribution in [1.29, 1.82) is 0 Å². The molecule has 0 radical (unpaired) electrons. The van der Waals surface area contributed by atoms with Crippen molar-refractivity contribution in [2.24, 2.45) is 0 Å². The summed E-state index contributed by atoms with van der Waals surface area (Å²) in [6, 6.07) is 14.3. The van der Waals surface area contributed by atoms with E-state index in [1.807, 2.05) is 38.1 Å². The minimum atomic E-state index is -3.78. The van der Waals surface area contributed by atoms with Crippen LogP contribution < -0.4 is 5.32 Å². The van der Waals surface area contributed by atoms with Gasteiger partial charge in [0.2, 0.25) is 10.0 Å². The number of hydrogen-bond acceptors (Lipinski definition) is 3. The number of halogens is 1. The fraction of sp³-hybridized carbons (Fsp3) is 0.190. The van der Waals surface area contributed by atoms with Crippen LogP contribution in [0.25, 0.3) is 5.69 Å². The molecule has 1 N–H and O–H groups in total. The summed E-state index contributed by atoms with van der Waals surface area (Å²) in [7, 11) is -1.04. The Bertz CT molecular complexity index is 1150. The molecule has 1 heterocycles. The molecule has 0 saturated carbocycles. The Hall–Kier alpha value is -2.97. The number of nitrogens with one attached hydrogen (secondary N) is 1. The molecular weight excluding hydrogens is 393 g/mol. The smallest absolute Gasteiger partial charge is 0.258 e. The highest BCUT2D eigenvalue weighted by molar-refractivity contribution is 7.89.